The average molecular weight is 1340 g/mol. The quantitative estimate of drug-likeness (QED) is 0.153. The van der Waals surface area contributed by atoms with Gasteiger partial charge in [-0.3, -0.25) is 4.68 Å². The van der Waals surface area contributed by atoms with Gasteiger partial charge in [-0.15, -0.1) is 15.3 Å². The predicted molar refractivity (Wildman–Crippen MR) is 420 cm³/mol. The Morgan fingerprint density at radius 3 is 1.00 bits per heavy atom. The Hall–Kier alpha value is -6.92. The molecule has 0 unspecified atom stereocenters. The van der Waals surface area contributed by atoms with E-state index < -0.39 is 0 Å². The number of amides is 1. The molecule has 0 saturated heterocycles. The fraction of sp³-hybridized carbons (Fsp3) is 0.684. The minimum Gasteiger partial charge on any atom is -0.357 e. The third kappa shape index (κ3) is 136. The van der Waals surface area contributed by atoms with Gasteiger partial charge < -0.3 is 18.3 Å². The van der Waals surface area contributed by atoms with Crippen LogP contribution in [0.3, 0.4) is 0 Å². The van der Waals surface area contributed by atoms with E-state index in [0.717, 1.165) is 30.2 Å². The van der Waals surface area contributed by atoms with Gasteiger partial charge in [0.15, 0.2) is 19.5 Å². The van der Waals surface area contributed by atoms with E-state index in [2.05, 4.69) is 207 Å². The van der Waals surface area contributed by atoms with Crippen molar-refractivity contribution in [3.8, 4) is 0 Å². The second kappa shape index (κ2) is 98.2. The molecule has 0 spiro atoms. The highest BCUT2D eigenvalue weighted by Crippen LogP contribution is 2.08. The number of nitrogens with zero attached hydrogens (tertiary/aromatic N) is 17. The van der Waals surface area contributed by atoms with Crippen molar-refractivity contribution in [3.05, 3.63) is 141 Å². The Morgan fingerprint density at radius 2 is 0.842 bits per heavy atom. The molecule has 6 aromatic rings. The fourth-order valence-electron chi connectivity index (χ4n) is 3.61. The molecule has 0 atom stereocenters. The SMILES string of the molecule is CC.CC.CC.CC.CC.CC.CC.CC.CC(C)(C)C.CC(C)C.CC(C)C.CC(C)C.CC(C)C.CC(C)n1ccnc1.CC(C)n1ccnn1.CC(C)n1cnnc1.C[N+]1=CC=CCC1=O.C[N+]1=NCC=C1.Cn1cccc1.Cn1cccnc1=O.c1ncncn1. The van der Waals surface area contributed by atoms with E-state index in [0.29, 0.717) is 30.0 Å². The van der Waals surface area contributed by atoms with Crippen molar-refractivity contribution < 1.29 is 14.1 Å². The van der Waals surface area contributed by atoms with Crippen molar-refractivity contribution in [2.75, 3.05) is 20.6 Å². The smallest absolute Gasteiger partial charge is 0.357 e. The van der Waals surface area contributed by atoms with Crippen LogP contribution in [-0.4, -0.2) is 110 Å². The maximum absolute atomic E-state index is 10.6. The second-order valence-electron chi connectivity index (χ2n) is 22.7. The van der Waals surface area contributed by atoms with Gasteiger partial charge >= 0.3 is 11.6 Å². The first-order chi connectivity index (χ1) is 44.7. The van der Waals surface area contributed by atoms with Crippen LogP contribution in [0.4, 0.5) is 0 Å². The summed E-state index contributed by atoms with van der Waals surface area (Å²) in [7, 11) is 7.34. The van der Waals surface area contributed by atoms with Crippen molar-refractivity contribution in [1.82, 2.24) is 68.4 Å². The number of allylic oxidation sites excluding steroid dienone is 1. The van der Waals surface area contributed by atoms with Gasteiger partial charge in [-0.25, -0.2) is 34.5 Å². The molecule has 0 fully saturated rings. The Kier molecular flexibility index (Phi) is 122. The number of aryl methyl sites for hydroxylation is 2. The average Bonchev–Trinajstić information content (AvgIpc) is 2.72. The normalized spacial score (nSPS) is 9.84. The molecule has 0 aromatic carbocycles. The van der Waals surface area contributed by atoms with Crippen molar-refractivity contribution in [2.45, 2.75) is 288 Å². The lowest BCUT2D eigenvalue weighted by molar-refractivity contribution is -0.491. The first-order valence-corrected chi connectivity index (χ1v) is 35.3. The maximum atomic E-state index is 10.6. The summed E-state index contributed by atoms with van der Waals surface area (Å²) in [6, 6.07) is 7.15. The summed E-state index contributed by atoms with van der Waals surface area (Å²) in [5.41, 5.74) is 0.285. The van der Waals surface area contributed by atoms with Gasteiger partial charge in [-0.1, -0.05) is 238 Å². The Morgan fingerprint density at radius 1 is 0.453 bits per heavy atom. The van der Waals surface area contributed by atoms with Gasteiger partial charge in [0.25, 0.3) is 0 Å². The standard InChI is InChI=1S/C6H10N2.C6H8NO.2C5H9N3.C5H6N2O.C5H7N.C5H12.C4H7N2.4C4H10.C3H3N3.8C2H6/c1-6(2)8-4-3-7-5-8;1-7-5-3-2-4-6(7)8;1-5(2)8-3-6-7-4-8;1-5(2)8-4-3-6-7-8;1-7-4-2-3-6-5(7)8;1-6-4-2-3-5-6;1-5(2,3)4;1-6-4-2-3-5-6;4*1-4(2)3;1-4-2-6-3-5-1;8*1-2/h3-6H,1-2H3;2-3,5H,4H2,1H3;2*3-5H,1-2H3;2-4H,1H3;2-5H,1H3;1-4H3;2,4H,3H2,1H3;4*4H,1-3H3;1-3H;8*1-2H3/q;+1;;;;;;+1;;;;;;;;;;;;;. The summed E-state index contributed by atoms with van der Waals surface area (Å²) in [5, 5.41) is 18.7. The highest BCUT2D eigenvalue weighted by Gasteiger charge is 2.10. The highest BCUT2D eigenvalue weighted by molar-refractivity contribution is 5.81. The summed E-state index contributed by atoms with van der Waals surface area (Å²) in [5.74, 6) is 3.49. The molecular formula is C76H159N17O2+2. The molecule has 0 bridgehead atoms. The number of hydrogen-bond acceptors (Lipinski definition) is 12. The lowest BCUT2D eigenvalue weighted by atomic mass is 10.0. The van der Waals surface area contributed by atoms with Crippen molar-refractivity contribution >= 4 is 12.1 Å². The number of carbonyl (C=O) groups is 1. The molecule has 0 aliphatic carbocycles. The largest absolute Gasteiger partial charge is 0.390 e. The third-order valence-electron chi connectivity index (χ3n) is 7.02. The first-order valence-electron chi connectivity index (χ1n) is 35.3. The van der Waals surface area contributed by atoms with Crippen molar-refractivity contribution in [3.63, 3.8) is 0 Å². The van der Waals surface area contributed by atoms with E-state index in [9.17, 15) is 9.59 Å². The van der Waals surface area contributed by atoms with Crippen molar-refractivity contribution in [2.24, 2.45) is 48.3 Å². The Labute approximate surface area is 589 Å². The van der Waals surface area contributed by atoms with E-state index in [1.54, 1.807) is 71.6 Å². The van der Waals surface area contributed by atoms with Gasteiger partial charge in [0.05, 0.1) is 18.9 Å². The maximum Gasteiger partial charge on any atom is 0.390 e. The molecule has 2 aliphatic rings. The topological polar surface area (TPSA) is 193 Å². The Bertz CT molecular complexity index is 2180. The number of rotatable bonds is 3. The zero-order valence-electron chi connectivity index (χ0n) is 70.1. The monoisotopic (exact) mass is 1340 g/mol. The lowest BCUT2D eigenvalue weighted by Gasteiger charge is -2.05. The number of aromatic nitrogens is 14. The van der Waals surface area contributed by atoms with Crippen LogP contribution in [0.2, 0.25) is 0 Å². The molecule has 0 radical (unpaired) electrons. The summed E-state index contributed by atoms with van der Waals surface area (Å²) >= 11 is 0. The van der Waals surface area contributed by atoms with E-state index >= 15 is 0 Å². The third-order valence-corrected chi connectivity index (χ3v) is 7.02. The highest BCUT2D eigenvalue weighted by atomic mass is 16.2. The van der Waals surface area contributed by atoms with Crippen LogP contribution >= 0.6 is 0 Å². The number of hydrogen-bond donors (Lipinski definition) is 0. The number of imidazole rings is 1. The number of azo groups is 2. The molecule has 0 saturated carbocycles. The summed E-state index contributed by atoms with van der Waals surface area (Å²) in [6.07, 6.45) is 34.0. The molecular weight excluding hydrogens is 1180 g/mol. The molecule has 8 heterocycles. The molecule has 95 heavy (non-hydrogen) atoms. The number of carbonyl (C=O) groups excluding carboxylic acids is 1. The summed E-state index contributed by atoms with van der Waals surface area (Å²) < 4.78 is 12.6. The van der Waals surface area contributed by atoms with Crippen molar-refractivity contribution in [1.29, 1.82) is 0 Å². The Balaban J connectivity index is -0.0000000689. The molecule has 6 aromatic heterocycles. The van der Waals surface area contributed by atoms with E-state index in [1.807, 2.05) is 202 Å². The fourth-order valence-corrected chi connectivity index (χ4v) is 3.61. The van der Waals surface area contributed by atoms with Crippen LogP contribution in [-0.2, 0) is 18.9 Å². The van der Waals surface area contributed by atoms with Gasteiger partial charge in [0.2, 0.25) is 0 Å². The van der Waals surface area contributed by atoms with E-state index in [4.69, 9.17) is 0 Å². The van der Waals surface area contributed by atoms with Gasteiger partial charge in [-0.2, -0.15) is 4.58 Å². The zero-order valence-corrected chi connectivity index (χ0v) is 70.1. The van der Waals surface area contributed by atoms with Crippen LogP contribution < -0.4 is 5.69 Å². The van der Waals surface area contributed by atoms with E-state index in [1.165, 1.54) is 29.7 Å². The summed E-state index contributed by atoms with van der Waals surface area (Å²) in [6.45, 7) is 80.2. The molecule has 19 heteroatoms. The van der Waals surface area contributed by atoms with Gasteiger partial charge in [-0.05, 0) is 100 Å². The van der Waals surface area contributed by atoms with E-state index in [-0.39, 0.29) is 11.6 Å². The minimum atomic E-state index is -0.215. The van der Waals surface area contributed by atoms with Crippen LogP contribution in [0.5, 0.6) is 0 Å². The lowest BCUT2D eigenvalue weighted by Crippen LogP contribution is -2.18. The van der Waals surface area contributed by atoms with Crippen LogP contribution in [0.15, 0.2) is 140 Å². The van der Waals surface area contributed by atoms with Gasteiger partial charge in [0, 0.05) is 81.7 Å². The zero-order chi connectivity index (χ0) is 77.8. The summed E-state index contributed by atoms with van der Waals surface area (Å²) in [4.78, 5) is 39.2. The van der Waals surface area contributed by atoms with Crippen LogP contribution in [0.1, 0.15) is 288 Å². The van der Waals surface area contributed by atoms with Crippen LogP contribution in [0.25, 0.3) is 0 Å². The molecule has 8 rings (SSSR count). The molecule has 558 valence electrons. The molecule has 0 N–H and O–H groups in total. The predicted octanol–water partition coefficient (Wildman–Crippen LogP) is 21.6. The van der Waals surface area contributed by atoms with Crippen LogP contribution in [0, 0.1) is 29.1 Å². The second-order valence-corrected chi connectivity index (χ2v) is 22.7. The van der Waals surface area contributed by atoms with Gasteiger partial charge in [0.1, 0.15) is 45.2 Å². The minimum absolute atomic E-state index is 0.160. The molecule has 19 nitrogen and oxygen atoms in total. The first kappa shape index (κ1) is 118. The molecule has 2 aliphatic heterocycles. The molecule has 1 amide bonds.